The molecule has 2 N–H and O–H groups in total. The summed E-state index contributed by atoms with van der Waals surface area (Å²) in [7, 11) is 0. The predicted molar refractivity (Wildman–Crippen MR) is 112 cm³/mol. The summed E-state index contributed by atoms with van der Waals surface area (Å²) in [5.74, 6) is -0.731. The quantitative estimate of drug-likeness (QED) is 0.761. The Hall–Kier alpha value is -3.15. The van der Waals surface area contributed by atoms with Crippen molar-refractivity contribution in [2.75, 3.05) is 10.6 Å². The molecule has 6 heteroatoms. The van der Waals surface area contributed by atoms with Crippen molar-refractivity contribution < 1.29 is 19.1 Å². The predicted octanol–water partition coefficient (Wildman–Crippen LogP) is 3.69. The van der Waals surface area contributed by atoms with Gasteiger partial charge in [0.1, 0.15) is 6.10 Å². The first-order valence-electron chi connectivity index (χ1n) is 10.4. The lowest BCUT2D eigenvalue weighted by Gasteiger charge is -2.23. The van der Waals surface area contributed by atoms with Gasteiger partial charge in [-0.1, -0.05) is 6.07 Å². The fourth-order valence-corrected chi connectivity index (χ4v) is 5.54. The second-order valence-electron chi connectivity index (χ2n) is 8.82. The highest BCUT2D eigenvalue weighted by Gasteiger charge is 2.63. The minimum atomic E-state index is -0.311. The molecule has 2 saturated carbocycles. The Kier molecular flexibility index (Phi) is 4.38. The third-order valence-electron chi connectivity index (χ3n) is 6.68. The first-order chi connectivity index (χ1) is 14.4. The van der Waals surface area contributed by atoms with Crippen molar-refractivity contribution in [3.63, 3.8) is 0 Å². The van der Waals surface area contributed by atoms with Crippen LogP contribution in [0.1, 0.15) is 34.3 Å². The lowest BCUT2D eigenvalue weighted by atomic mass is 9.79. The van der Waals surface area contributed by atoms with E-state index in [0.717, 1.165) is 29.7 Å². The van der Waals surface area contributed by atoms with E-state index >= 15 is 0 Å². The first-order valence-corrected chi connectivity index (χ1v) is 10.4. The maximum absolute atomic E-state index is 12.9. The number of carbonyl (C=O) groups excluding carboxylic acids is 3. The molecule has 3 fully saturated rings. The zero-order valence-electron chi connectivity index (χ0n) is 17.0. The molecule has 2 amide bonds. The van der Waals surface area contributed by atoms with Gasteiger partial charge in [-0.3, -0.25) is 14.4 Å². The average molecular weight is 404 g/mol. The molecule has 6 nitrogen and oxygen atoms in total. The van der Waals surface area contributed by atoms with Crippen molar-refractivity contribution in [2.24, 2.45) is 23.7 Å². The summed E-state index contributed by atoms with van der Waals surface area (Å²) in [6.45, 7) is 3.98. The zero-order valence-corrected chi connectivity index (χ0v) is 17.0. The van der Waals surface area contributed by atoms with Gasteiger partial charge in [-0.2, -0.15) is 0 Å². The third kappa shape index (κ3) is 3.16. The van der Waals surface area contributed by atoms with Gasteiger partial charge in [0.05, 0.1) is 11.8 Å². The van der Waals surface area contributed by atoms with Gasteiger partial charge in [-0.05, 0) is 80.1 Å². The van der Waals surface area contributed by atoms with Crippen molar-refractivity contribution in [3.8, 4) is 0 Å². The summed E-state index contributed by atoms with van der Waals surface area (Å²) in [5.41, 5.74) is 4.05. The van der Waals surface area contributed by atoms with Crippen molar-refractivity contribution in [1.82, 2.24) is 0 Å². The Balaban J connectivity index is 1.25. The van der Waals surface area contributed by atoms with Crippen LogP contribution in [-0.4, -0.2) is 23.9 Å². The Morgan fingerprint density at radius 2 is 1.63 bits per heavy atom. The third-order valence-corrected chi connectivity index (χ3v) is 6.68. The van der Waals surface area contributed by atoms with Crippen molar-refractivity contribution in [2.45, 2.75) is 32.8 Å². The number of ether oxygens (including phenoxy) is 1. The van der Waals surface area contributed by atoms with Crippen LogP contribution in [0.4, 0.5) is 11.4 Å². The number of aryl methyl sites for hydroxylation is 2. The van der Waals surface area contributed by atoms with Gasteiger partial charge in [0.25, 0.3) is 5.91 Å². The van der Waals surface area contributed by atoms with Gasteiger partial charge in [0.2, 0.25) is 5.91 Å². The molecule has 0 aromatic heterocycles. The van der Waals surface area contributed by atoms with Crippen LogP contribution in [0.25, 0.3) is 0 Å². The number of amides is 2. The smallest absolute Gasteiger partial charge is 0.310 e. The highest BCUT2D eigenvalue weighted by atomic mass is 16.6. The van der Waals surface area contributed by atoms with Gasteiger partial charge in [-0.15, -0.1) is 0 Å². The molecular formula is C24H24N2O4. The molecule has 1 aliphatic heterocycles. The van der Waals surface area contributed by atoms with E-state index in [-0.39, 0.29) is 47.6 Å². The highest BCUT2D eigenvalue weighted by Crippen LogP contribution is 2.57. The van der Waals surface area contributed by atoms with Crippen LogP contribution < -0.4 is 10.6 Å². The maximum atomic E-state index is 12.9. The number of anilines is 2. The van der Waals surface area contributed by atoms with Crippen LogP contribution in [0.15, 0.2) is 42.5 Å². The number of hydrogen-bond acceptors (Lipinski definition) is 4. The Morgan fingerprint density at radius 1 is 0.933 bits per heavy atom. The molecule has 2 aliphatic carbocycles. The van der Waals surface area contributed by atoms with E-state index in [4.69, 9.17) is 4.74 Å². The number of hydrogen-bond donors (Lipinski definition) is 2. The lowest BCUT2D eigenvalue weighted by Crippen LogP contribution is -2.35. The molecule has 0 spiro atoms. The van der Waals surface area contributed by atoms with Crippen molar-refractivity contribution in [1.29, 1.82) is 0 Å². The largest absolute Gasteiger partial charge is 0.462 e. The van der Waals surface area contributed by atoms with Crippen LogP contribution in [0.3, 0.4) is 0 Å². The molecule has 5 atom stereocenters. The van der Waals surface area contributed by atoms with Crippen molar-refractivity contribution in [3.05, 3.63) is 59.2 Å². The summed E-state index contributed by atoms with van der Waals surface area (Å²) < 4.78 is 5.41. The van der Waals surface area contributed by atoms with Crippen LogP contribution in [0.2, 0.25) is 0 Å². The fraction of sp³-hybridized carbons (Fsp3) is 0.375. The average Bonchev–Trinajstić information content (AvgIpc) is 3.30. The van der Waals surface area contributed by atoms with E-state index in [9.17, 15) is 14.4 Å². The van der Waals surface area contributed by atoms with E-state index in [0.29, 0.717) is 11.3 Å². The summed E-state index contributed by atoms with van der Waals surface area (Å²) in [6, 6.07) is 12.7. The molecule has 2 bridgehead atoms. The van der Waals surface area contributed by atoms with Crippen LogP contribution in [0, 0.1) is 37.5 Å². The molecule has 3 aliphatic rings. The number of nitrogens with one attached hydrogen (secondary N) is 2. The molecule has 2 aromatic rings. The maximum Gasteiger partial charge on any atom is 0.310 e. The van der Waals surface area contributed by atoms with Gasteiger partial charge in [-0.25, -0.2) is 0 Å². The van der Waals surface area contributed by atoms with E-state index in [1.807, 2.05) is 26.0 Å². The summed E-state index contributed by atoms with van der Waals surface area (Å²) in [4.78, 5) is 37.5. The van der Waals surface area contributed by atoms with E-state index in [1.54, 1.807) is 24.3 Å². The number of benzene rings is 2. The Morgan fingerprint density at radius 3 is 2.33 bits per heavy atom. The minimum Gasteiger partial charge on any atom is -0.462 e. The molecule has 1 saturated heterocycles. The van der Waals surface area contributed by atoms with E-state index in [2.05, 4.69) is 16.7 Å². The fourth-order valence-electron chi connectivity index (χ4n) is 5.54. The van der Waals surface area contributed by atoms with E-state index < -0.39 is 0 Å². The standard InChI is InChI=1S/C24H24N2O4/c1-12-7-13(2)9-17(8-12)26-22(27)14-3-5-16(6-4-14)25-23(28)20-15-10-18-19(11-15)30-24(29)21(18)20/h3-9,15,18-21H,10-11H2,1-2H3,(H,25,28)(H,26,27)/t15-,18-,19+,20-,21-/m1/s1. The molecule has 0 radical (unpaired) electrons. The summed E-state index contributed by atoms with van der Waals surface area (Å²) in [5, 5.41) is 5.83. The summed E-state index contributed by atoms with van der Waals surface area (Å²) >= 11 is 0. The minimum absolute atomic E-state index is 0.0199. The van der Waals surface area contributed by atoms with Gasteiger partial charge in [0, 0.05) is 22.9 Å². The topological polar surface area (TPSA) is 84.5 Å². The highest BCUT2D eigenvalue weighted by molar-refractivity contribution is 6.05. The molecule has 30 heavy (non-hydrogen) atoms. The van der Waals surface area contributed by atoms with Crippen molar-refractivity contribution >= 4 is 29.2 Å². The molecule has 5 rings (SSSR count). The molecule has 0 unspecified atom stereocenters. The number of esters is 1. The SMILES string of the molecule is Cc1cc(C)cc(NC(=O)c2ccc(NC(=O)[C@@H]3[C@@H]4C[C@H]5[C@H]3C(=O)O[C@H]5C4)cc2)c1. The number of carbonyl (C=O) groups is 3. The second kappa shape index (κ2) is 6.97. The Labute approximate surface area is 175 Å². The first kappa shape index (κ1) is 18.9. The molecular weight excluding hydrogens is 380 g/mol. The van der Waals surface area contributed by atoms with Gasteiger partial charge >= 0.3 is 5.97 Å². The summed E-state index contributed by atoms with van der Waals surface area (Å²) in [6.07, 6.45) is 1.71. The normalized spacial score (nSPS) is 28.3. The number of rotatable bonds is 4. The van der Waals surface area contributed by atoms with E-state index in [1.165, 1.54) is 0 Å². The molecule has 2 aromatic carbocycles. The Bertz CT molecular complexity index is 1020. The van der Waals surface area contributed by atoms with Gasteiger partial charge in [0.15, 0.2) is 0 Å². The van der Waals surface area contributed by atoms with Gasteiger partial charge < -0.3 is 15.4 Å². The second-order valence-corrected chi connectivity index (χ2v) is 8.82. The molecule has 1 heterocycles. The monoisotopic (exact) mass is 404 g/mol. The molecule has 154 valence electrons. The number of fused-ring (bicyclic) bond motifs is 1. The van der Waals surface area contributed by atoms with Crippen LogP contribution >= 0.6 is 0 Å². The zero-order chi connectivity index (χ0) is 21.0. The lowest BCUT2D eigenvalue weighted by molar-refractivity contribution is -0.145. The van der Waals surface area contributed by atoms with Crippen LogP contribution in [0.5, 0.6) is 0 Å². The van der Waals surface area contributed by atoms with Crippen LogP contribution in [-0.2, 0) is 14.3 Å².